The van der Waals surface area contributed by atoms with Crippen LogP contribution in [-0.2, 0) is 4.79 Å². The zero-order valence-corrected chi connectivity index (χ0v) is 10.8. The number of rotatable bonds is 3. The molecule has 1 aliphatic carbocycles. The second-order valence-corrected chi connectivity index (χ2v) is 5.60. The van der Waals surface area contributed by atoms with Gasteiger partial charge < -0.3 is 5.32 Å². The molecule has 0 bridgehead atoms. The van der Waals surface area contributed by atoms with E-state index in [4.69, 9.17) is 0 Å². The molecule has 1 amide bonds. The topological polar surface area (TPSA) is 29.1 Å². The van der Waals surface area contributed by atoms with Crippen molar-refractivity contribution in [3.05, 3.63) is 35.9 Å². The van der Waals surface area contributed by atoms with Crippen LogP contribution < -0.4 is 5.32 Å². The molecule has 80 valence electrons. The van der Waals surface area contributed by atoms with Crippen LogP contribution in [0.2, 0.25) is 0 Å². The van der Waals surface area contributed by atoms with E-state index in [9.17, 15) is 4.79 Å². The van der Waals surface area contributed by atoms with Crippen molar-refractivity contribution in [1.82, 2.24) is 5.32 Å². The van der Waals surface area contributed by atoms with Crippen LogP contribution in [0.4, 0.5) is 0 Å². The first-order chi connectivity index (χ1) is 7.18. The maximum absolute atomic E-state index is 11.7. The molecule has 15 heavy (non-hydrogen) atoms. The Morgan fingerprint density at radius 1 is 1.47 bits per heavy atom. The Morgan fingerprint density at radius 2 is 2.07 bits per heavy atom. The highest BCUT2D eigenvalue weighted by Crippen LogP contribution is 2.38. The van der Waals surface area contributed by atoms with Gasteiger partial charge in [-0.05, 0) is 18.9 Å². The summed E-state index contributed by atoms with van der Waals surface area (Å²) in [5.41, 5.74) is 1.16. The van der Waals surface area contributed by atoms with Crippen molar-refractivity contribution in [1.29, 1.82) is 0 Å². The summed E-state index contributed by atoms with van der Waals surface area (Å²) in [7, 11) is 0. The number of amides is 1. The number of hydrogen-bond acceptors (Lipinski definition) is 1. The van der Waals surface area contributed by atoms with Gasteiger partial charge in [-0.3, -0.25) is 4.79 Å². The molecule has 0 heterocycles. The van der Waals surface area contributed by atoms with E-state index < -0.39 is 0 Å². The fourth-order valence-corrected chi connectivity index (χ4v) is 2.46. The second kappa shape index (κ2) is 4.51. The largest absolute Gasteiger partial charge is 0.349 e. The van der Waals surface area contributed by atoms with Gasteiger partial charge in [0.25, 0.3) is 0 Å². The summed E-state index contributed by atoms with van der Waals surface area (Å²) in [6.07, 6.45) is 1.04. The average molecular weight is 315 g/mol. The fraction of sp³-hybridized carbons (Fsp3) is 0.417. The molecule has 1 fully saturated rings. The first-order valence-corrected chi connectivity index (χ1v) is 6.42. The van der Waals surface area contributed by atoms with Gasteiger partial charge >= 0.3 is 0 Å². The van der Waals surface area contributed by atoms with Gasteiger partial charge in [0, 0.05) is 3.92 Å². The number of carbonyl (C=O) groups is 1. The van der Waals surface area contributed by atoms with Crippen LogP contribution in [0, 0.1) is 5.92 Å². The minimum Gasteiger partial charge on any atom is -0.349 e. The van der Waals surface area contributed by atoms with Crippen LogP contribution in [0.1, 0.15) is 24.9 Å². The smallest absolute Gasteiger partial charge is 0.224 e. The number of benzene rings is 1. The van der Waals surface area contributed by atoms with E-state index in [0.29, 0.717) is 3.92 Å². The van der Waals surface area contributed by atoms with E-state index in [1.165, 1.54) is 0 Å². The molecule has 2 rings (SSSR count). The lowest BCUT2D eigenvalue weighted by atomic mass is 10.1. The molecule has 2 nitrogen and oxygen atoms in total. The van der Waals surface area contributed by atoms with Gasteiger partial charge in [-0.15, -0.1) is 0 Å². The molecule has 1 saturated carbocycles. The summed E-state index contributed by atoms with van der Waals surface area (Å²) in [6.45, 7) is 2.03. The third kappa shape index (κ3) is 2.71. The minimum atomic E-state index is 0.114. The SMILES string of the molecule is CC(NC(=O)C1CC1I)c1ccccc1. The molecule has 3 atom stereocenters. The molecule has 3 unspecified atom stereocenters. The van der Waals surface area contributed by atoms with Crippen molar-refractivity contribution < 1.29 is 4.79 Å². The molecular weight excluding hydrogens is 301 g/mol. The average Bonchev–Trinajstić information content (AvgIpc) is 2.97. The maximum atomic E-state index is 11.7. The first-order valence-electron chi connectivity index (χ1n) is 5.18. The lowest BCUT2D eigenvalue weighted by molar-refractivity contribution is -0.122. The van der Waals surface area contributed by atoms with Crippen LogP contribution in [0.3, 0.4) is 0 Å². The highest BCUT2D eigenvalue weighted by molar-refractivity contribution is 14.1. The van der Waals surface area contributed by atoms with Crippen LogP contribution >= 0.6 is 22.6 Å². The van der Waals surface area contributed by atoms with Gasteiger partial charge in [0.2, 0.25) is 5.91 Å². The fourth-order valence-electron chi connectivity index (χ4n) is 1.58. The molecule has 1 aliphatic rings. The number of halogens is 1. The van der Waals surface area contributed by atoms with E-state index in [-0.39, 0.29) is 17.9 Å². The second-order valence-electron chi connectivity index (χ2n) is 4.00. The Hall–Kier alpha value is -0.580. The zero-order valence-electron chi connectivity index (χ0n) is 8.61. The Morgan fingerprint density at radius 3 is 2.60 bits per heavy atom. The minimum absolute atomic E-state index is 0.114. The lowest BCUT2D eigenvalue weighted by Gasteiger charge is -2.13. The summed E-state index contributed by atoms with van der Waals surface area (Å²) in [4.78, 5) is 11.7. The zero-order chi connectivity index (χ0) is 10.8. The Balaban J connectivity index is 1.92. The Bertz CT molecular complexity index is 352. The monoisotopic (exact) mass is 315 g/mol. The third-order valence-electron chi connectivity index (χ3n) is 2.71. The molecule has 0 radical (unpaired) electrons. The Kier molecular flexibility index (Phi) is 3.29. The summed E-state index contributed by atoms with van der Waals surface area (Å²) in [6, 6.07) is 10.2. The van der Waals surface area contributed by atoms with Crippen molar-refractivity contribution in [2.24, 2.45) is 5.92 Å². The van der Waals surface area contributed by atoms with Crippen molar-refractivity contribution in [2.45, 2.75) is 23.3 Å². The molecule has 0 spiro atoms. The quantitative estimate of drug-likeness (QED) is 0.674. The van der Waals surface area contributed by atoms with Gasteiger partial charge in [-0.25, -0.2) is 0 Å². The van der Waals surface area contributed by atoms with E-state index in [1.54, 1.807) is 0 Å². The van der Waals surface area contributed by atoms with Crippen molar-refractivity contribution in [3.8, 4) is 0 Å². The van der Waals surface area contributed by atoms with Gasteiger partial charge in [0.15, 0.2) is 0 Å². The van der Waals surface area contributed by atoms with E-state index in [2.05, 4.69) is 27.9 Å². The number of alkyl halides is 1. The molecule has 1 N–H and O–H groups in total. The van der Waals surface area contributed by atoms with Crippen molar-refractivity contribution >= 4 is 28.5 Å². The molecule has 1 aromatic carbocycles. The van der Waals surface area contributed by atoms with Crippen molar-refractivity contribution in [2.75, 3.05) is 0 Å². The van der Waals surface area contributed by atoms with Crippen LogP contribution in [0.15, 0.2) is 30.3 Å². The van der Waals surface area contributed by atoms with Crippen molar-refractivity contribution in [3.63, 3.8) is 0 Å². The highest BCUT2D eigenvalue weighted by atomic mass is 127. The molecular formula is C12H14INO. The lowest BCUT2D eigenvalue weighted by Crippen LogP contribution is -2.28. The molecule has 3 heteroatoms. The predicted molar refractivity (Wildman–Crippen MR) is 68.9 cm³/mol. The summed E-state index contributed by atoms with van der Waals surface area (Å²) in [5.74, 6) is 0.447. The molecule has 0 aliphatic heterocycles. The molecule has 1 aromatic rings. The standard InChI is InChI=1S/C12H14INO/c1-8(9-5-3-2-4-6-9)14-12(15)10-7-11(10)13/h2-6,8,10-11H,7H2,1H3,(H,14,15). The van der Waals surface area contributed by atoms with Gasteiger partial charge in [0.1, 0.15) is 0 Å². The van der Waals surface area contributed by atoms with Gasteiger partial charge in [-0.1, -0.05) is 52.9 Å². The summed E-state index contributed by atoms with van der Waals surface area (Å²) < 4.78 is 0.547. The normalized spacial score (nSPS) is 25.7. The third-order valence-corrected chi connectivity index (χ3v) is 4.08. The number of hydrogen-bond donors (Lipinski definition) is 1. The molecule has 0 aromatic heterocycles. The van der Waals surface area contributed by atoms with Crippen LogP contribution in [0.25, 0.3) is 0 Å². The molecule has 0 saturated heterocycles. The first kappa shape index (κ1) is 10.9. The van der Waals surface area contributed by atoms with Crippen LogP contribution in [-0.4, -0.2) is 9.83 Å². The van der Waals surface area contributed by atoms with E-state index in [0.717, 1.165) is 12.0 Å². The predicted octanol–water partition coefficient (Wildman–Crippen LogP) is 2.69. The number of carbonyl (C=O) groups excluding carboxylic acids is 1. The van der Waals surface area contributed by atoms with Gasteiger partial charge in [-0.2, -0.15) is 0 Å². The maximum Gasteiger partial charge on any atom is 0.224 e. The highest BCUT2D eigenvalue weighted by Gasteiger charge is 2.41. The van der Waals surface area contributed by atoms with Crippen LogP contribution in [0.5, 0.6) is 0 Å². The summed E-state index contributed by atoms with van der Waals surface area (Å²) in [5, 5.41) is 3.04. The number of nitrogens with one attached hydrogen (secondary N) is 1. The van der Waals surface area contributed by atoms with E-state index in [1.807, 2.05) is 37.3 Å². The van der Waals surface area contributed by atoms with Gasteiger partial charge in [0.05, 0.1) is 12.0 Å². The summed E-state index contributed by atoms with van der Waals surface area (Å²) >= 11 is 2.33. The van der Waals surface area contributed by atoms with E-state index >= 15 is 0 Å². The Labute approximate surface area is 104 Å².